The molecule has 2 fully saturated rings. The molecule has 3 aliphatic rings. The Kier molecular flexibility index (Phi) is 2.21. The maximum atomic E-state index is 11.2. The summed E-state index contributed by atoms with van der Waals surface area (Å²) in [7, 11) is 0. The first-order valence-corrected chi connectivity index (χ1v) is 6.17. The molecule has 1 atom stereocenters. The highest BCUT2D eigenvalue weighted by atomic mass is 16.1. The zero-order valence-electron chi connectivity index (χ0n) is 9.54. The van der Waals surface area contributed by atoms with Gasteiger partial charge in [0.25, 0.3) is 0 Å². The van der Waals surface area contributed by atoms with Gasteiger partial charge in [-0.3, -0.25) is 4.79 Å². The van der Waals surface area contributed by atoms with Crippen molar-refractivity contribution < 1.29 is 4.79 Å². The minimum atomic E-state index is -0.156. The van der Waals surface area contributed by atoms with Crippen LogP contribution in [0.25, 0.3) is 0 Å². The van der Waals surface area contributed by atoms with Gasteiger partial charge in [0.05, 0.1) is 5.92 Å². The zero-order valence-corrected chi connectivity index (χ0v) is 9.54. The second kappa shape index (κ2) is 3.48. The van der Waals surface area contributed by atoms with Crippen molar-refractivity contribution in [2.75, 3.05) is 19.6 Å². The van der Waals surface area contributed by atoms with Gasteiger partial charge in [0, 0.05) is 30.9 Å². The number of hydrogen-bond donors (Lipinski definition) is 2. The van der Waals surface area contributed by atoms with E-state index in [0.717, 1.165) is 26.1 Å². The third-order valence-corrected chi connectivity index (χ3v) is 4.34. The van der Waals surface area contributed by atoms with Gasteiger partial charge in [0.2, 0.25) is 5.91 Å². The van der Waals surface area contributed by atoms with Gasteiger partial charge in [-0.2, -0.15) is 0 Å². The predicted molar refractivity (Wildman–Crippen MR) is 61.5 cm³/mol. The first-order chi connectivity index (χ1) is 7.69. The van der Waals surface area contributed by atoms with Crippen LogP contribution in [-0.2, 0) is 4.79 Å². The number of fused-ring (bicyclic) bond motifs is 1. The van der Waals surface area contributed by atoms with Crippen LogP contribution in [0.15, 0.2) is 11.8 Å². The molecule has 1 aliphatic carbocycles. The molecule has 1 saturated carbocycles. The highest BCUT2D eigenvalue weighted by Gasteiger charge is 2.42. The summed E-state index contributed by atoms with van der Waals surface area (Å²) in [6.45, 7) is 2.85. The molecule has 1 spiro atoms. The van der Waals surface area contributed by atoms with E-state index in [9.17, 15) is 4.79 Å². The second-order valence-electron chi connectivity index (χ2n) is 5.40. The summed E-state index contributed by atoms with van der Waals surface area (Å²) in [5.74, 6) is -0.143. The highest BCUT2D eigenvalue weighted by molar-refractivity contribution is 5.77. The minimum Gasteiger partial charge on any atom is -0.371 e. The molecule has 0 aromatic carbocycles. The third kappa shape index (κ3) is 1.52. The Balaban J connectivity index is 1.74. The fourth-order valence-electron chi connectivity index (χ4n) is 3.06. The molecular formula is C12H19N3O. The fourth-order valence-corrected chi connectivity index (χ4v) is 3.06. The number of allylic oxidation sites excluding steroid dienone is 1. The highest BCUT2D eigenvalue weighted by Crippen LogP contribution is 2.37. The smallest absolute Gasteiger partial charge is 0.222 e. The van der Waals surface area contributed by atoms with E-state index < -0.39 is 0 Å². The molecule has 88 valence electrons. The van der Waals surface area contributed by atoms with Crippen LogP contribution in [0.3, 0.4) is 0 Å². The number of hydrogen-bond acceptors (Lipinski definition) is 3. The SMILES string of the molecule is NC(=O)C1CC=C2CNC3(CCC3)CN2C1. The van der Waals surface area contributed by atoms with Crippen molar-refractivity contribution in [3.05, 3.63) is 11.8 Å². The molecule has 3 rings (SSSR count). The summed E-state index contributed by atoms with van der Waals surface area (Å²) >= 11 is 0. The average Bonchev–Trinajstić information content (AvgIpc) is 2.25. The Bertz CT molecular complexity index is 346. The topological polar surface area (TPSA) is 58.4 Å². The average molecular weight is 221 g/mol. The molecule has 2 aliphatic heterocycles. The monoisotopic (exact) mass is 221 g/mol. The predicted octanol–water partition coefficient (Wildman–Crippen LogP) is 0.203. The lowest BCUT2D eigenvalue weighted by Crippen LogP contribution is -2.64. The van der Waals surface area contributed by atoms with E-state index in [2.05, 4.69) is 16.3 Å². The molecular weight excluding hydrogens is 202 g/mol. The molecule has 16 heavy (non-hydrogen) atoms. The fraction of sp³-hybridized carbons (Fsp3) is 0.750. The van der Waals surface area contributed by atoms with E-state index in [-0.39, 0.29) is 11.8 Å². The van der Waals surface area contributed by atoms with Crippen LogP contribution in [0.5, 0.6) is 0 Å². The lowest BCUT2D eigenvalue weighted by atomic mass is 9.74. The van der Waals surface area contributed by atoms with Crippen LogP contribution in [0.1, 0.15) is 25.7 Å². The summed E-state index contributed by atoms with van der Waals surface area (Å²) in [6.07, 6.45) is 6.88. The number of rotatable bonds is 1. The molecule has 0 radical (unpaired) electrons. The van der Waals surface area contributed by atoms with Crippen molar-refractivity contribution in [1.82, 2.24) is 10.2 Å². The number of nitrogens with two attached hydrogens (primary N) is 1. The summed E-state index contributed by atoms with van der Waals surface area (Å²) in [5, 5.41) is 3.65. The number of carbonyl (C=O) groups is 1. The van der Waals surface area contributed by atoms with E-state index in [1.165, 1.54) is 25.0 Å². The zero-order chi connectivity index (χ0) is 11.2. The van der Waals surface area contributed by atoms with Crippen molar-refractivity contribution in [3.63, 3.8) is 0 Å². The third-order valence-electron chi connectivity index (χ3n) is 4.34. The molecule has 3 N–H and O–H groups in total. The first kappa shape index (κ1) is 10.1. The number of nitrogens with one attached hydrogen (secondary N) is 1. The molecule has 0 aromatic rings. The van der Waals surface area contributed by atoms with E-state index in [0.29, 0.717) is 5.54 Å². The van der Waals surface area contributed by atoms with Crippen LogP contribution < -0.4 is 11.1 Å². The molecule has 1 saturated heterocycles. The molecule has 2 heterocycles. The van der Waals surface area contributed by atoms with Crippen molar-refractivity contribution >= 4 is 5.91 Å². The number of carbonyl (C=O) groups excluding carboxylic acids is 1. The van der Waals surface area contributed by atoms with E-state index in [1.54, 1.807) is 0 Å². The molecule has 0 bridgehead atoms. The molecule has 1 amide bonds. The number of amides is 1. The quantitative estimate of drug-likeness (QED) is 0.665. The van der Waals surface area contributed by atoms with Crippen LogP contribution >= 0.6 is 0 Å². The number of piperazine rings is 1. The van der Waals surface area contributed by atoms with Crippen molar-refractivity contribution in [1.29, 1.82) is 0 Å². The van der Waals surface area contributed by atoms with Gasteiger partial charge < -0.3 is 16.0 Å². The Hall–Kier alpha value is -1.03. The molecule has 1 unspecified atom stereocenters. The van der Waals surface area contributed by atoms with Crippen LogP contribution in [0, 0.1) is 5.92 Å². The van der Waals surface area contributed by atoms with E-state index >= 15 is 0 Å². The minimum absolute atomic E-state index is 0.0129. The van der Waals surface area contributed by atoms with Gasteiger partial charge in [-0.25, -0.2) is 0 Å². The Labute approximate surface area is 95.9 Å². The Morgan fingerprint density at radius 3 is 3.00 bits per heavy atom. The lowest BCUT2D eigenvalue weighted by molar-refractivity contribution is -0.122. The van der Waals surface area contributed by atoms with Crippen LogP contribution in [-0.4, -0.2) is 36.0 Å². The van der Waals surface area contributed by atoms with Gasteiger partial charge in [0.1, 0.15) is 0 Å². The van der Waals surface area contributed by atoms with E-state index in [4.69, 9.17) is 5.73 Å². The Morgan fingerprint density at radius 2 is 2.38 bits per heavy atom. The Morgan fingerprint density at radius 1 is 1.56 bits per heavy atom. The normalized spacial score (nSPS) is 31.6. The summed E-state index contributed by atoms with van der Waals surface area (Å²) in [6, 6.07) is 0. The van der Waals surface area contributed by atoms with Crippen LogP contribution in [0.2, 0.25) is 0 Å². The van der Waals surface area contributed by atoms with Crippen molar-refractivity contribution in [2.24, 2.45) is 11.7 Å². The number of primary amides is 1. The summed E-state index contributed by atoms with van der Waals surface area (Å²) < 4.78 is 0. The summed E-state index contributed by atoms with van der Waals surface area (Å²) in [4.78, 5) is 13.6. The van der Waals surface area contributed by atoms with Gasteiger partial charge in [-0.15, -0.1) is 0 Å². The van der Waals surface area contributed by atoms with Gasteiger partial charge >= 0.3 is 0 Å². The largest absolute Gasteiger partial charge is 0.371 e. The van der Waals surface area contributed by atoms with Gasteiger partial charge in [-0.05, 0) is 25.7 Å². The standard InChI is InChI=1S/C12H19N3O/c13-11(16)9-2-3-10-6-14-12(4-1-5-12)8-15(10)7-9/h3,9,14H,1-2,4-8H2,(H2,13,16). The molecule has 4 nitrogen and oxygen atoms in total. The first-order valence-electron chi connectivity index (χ1n) is 6.17. The van der Waals surface area contributed by atoms with Crippen molar-refractivity contribution in [3.8, 4) is 0 Å². The van der Waals surface area contributed by atoms with E-state index in [1.807, 2.05) is 0 Å². The lowest BCUT2D eigenvalue weighted by Gasteiger charge is -2.52. The van der Waals surface area contributed by atoms with Crippen molar-refractivity contribution in [2.45, 2.75) is 31.2 Å². The van der Waals surface area contributed by atoms with Gasteiger partial charge in [-0.1, -0.05) is 6.08 Å². The summed E-state index contributed by atoms with van der Waals surface area (Å²) in [5.41, 5.74) is 7.09. The number of nitrogens with zero attached hydrogens (tertiary/aromatic N) is 1. The second-order valence-corrected chi connectivity index (χ2v) is 5.40. The van der Waals surface area contributed by atoms with Gasteiger partial charge in [0.15, 0.2) is 0 Å². The molecule has 0 aromatic heterocycles. The molecule has 4 heteroatoms. The van der Waals surface area contributed by atoms with Crippen LogP contribution in [0.4, 0.5) is 0 Å². The maximum absolute atomic E-state index is 11.2. The maximum Gasteiger partial charge on any atom is 0.222 e.